The minimum atomic E-state index is -0.523. The molecule has 172 valence electrons. The van der Waals surface area contributed by atoms with Crippen LogP contribution in [0.4, 0.5) is 17.1 Å². The van der Waals surface area contributed by atoms with Crippen molar-refractivity contribution in [1.82, 2.24) is 0 Å². The second-order valence-electron chi connectivity index (χ2n) is 7.24. The summed E-state index contributed by atoms with van der Waals surface area (Å²) in [7, 11) is 2.98. The number of hydrogen-bond donors (Lipinski definition) is 1. The SMILES string of the molecule is COc1ccc(N2CCOCC2)c(NC(=O)c2ccc(-c3ccc(OC)cc3[N+](=O)[O-])o2)c1. The van der Waals surface area contributed by atoms with E-state index in [2.05, 4.69) is 10.2 Å². The van der Waals surface area contributed by atoms with E-state index in [4.69, 9.17) is 18.6 Å². The smallest absolute Gasteiger partial charge is 0.291 e. The standard InChI is InChI=1S/C23H23N3O7/c1-30-15-4-6-19(25-9-11-32-12-10-25)18(13-15)24-23(27)22-8-7-21(33-22)17-5-3-16(31-2)14-20(17)26(28)29/h3-8,13-14H,9-12H2,1-2H3,(H,24,27). The Kier molecular flexibility index (Phi) is 6.45. The molecule has 1 saturated heterocycles. The highest BCUT2D eigenvalue weighted by Gasteiger charge is 2.22. The van der Waals surface area contributed by atoms with Crippen LogP contribution in [0, 0.1) is 10.1 Å². The minimum absolute atomic E-state index is 0.0193. The van der Waals surface area contributed by atoms with Crippen LogP contribution in [0.25, 0.3) is 11.3 Å². The van der Waals surface area contributed by atoms with Crippen molar-refractivity contribution < 1.29 is 28.3 Å². The highest BCUT2D eigenvalue weighted by molar-refractivity contribution is 6.04. The van der Waals surface area contributed by atoms with E-state index in [0.717, 1.165) is 5.69 Å². The first-order chi connectivity index (χ1) is 16.0. The summed E-state index contributed by atoms with van der Waals surface area (Å²) in [5.74, 6) is 0.680. The van der Waals surface area contributed by atoms with E-state index in [1.54, 1.807) is 19.2 Å². The van der Waals surface area contributed by atoms with Gasteiger partial charge in [-0.15, -0.1) is 0 Å². The second kappa shape index (κ2) is 9.61. The number of nitro groups is 1. The molecule has 0 spiro atoms. The fraction of sp³-hybridized carbons (Fsp3) is 0.261. The van der Waals surface area contributed by atoms with Gasteiger partial charge in [-0.1, -0.05) is 0 Å². The Hall–Kier alpha value is -4.05. The lowest BCUT2D eigenvalue weighted by Gasteiger charge is -2.30. The normalized spacial score (nSPS) is 13.5. The van der Waals surface area contributed by atoms with Crippen LogP contribution in [-0.2, 0) is 4.74 Å². The fourth-order valence-electron chi connectivity index (χ4n) is 3.61. The third-order valence-corrected chi connectivity index (χ3v) is 5.30. The number of amides is 1. The lowest BCUT2D eigenvalue weighted by atomic mass is 10.1. The Balaban J connectivity index is 1.61. The van der Waals surface area contributed by atoms with Gasteiger partial charge in [0.1, 0.15) is 17.3 Å². The molecule has 2 aromatic carbocycles. The molecule has 1 aliphatic heterocycles. The third-order valence-electron chi connectivity index (χ3n) is 5.30. The van der Waals surface area contributed by atoms with Crippen LogP contribution in [0.15, 0.2) is 52.9 Å². The number of rotatable bonds is 7. The summed E-state index contributed by atoms with van der Waals surface area (Å²) in [6.07, 6.45) is 0. The van der Waals surface area contributed by atoms with Crippen molar-refractivity contribution in [1.29, 1.82) is 0 Å². The van der Waals surface area contributed by atoms with Gasteiger partial charge < -0.3 is 28.8 Å². The van der Waals surface area contributed by atoms with Crippen molar-refractivity contribution in [2.75, 3.05) is 50.7 Å². The van der Waals surface area contributed by atoms with Crippen LogP contribution in [0.1, 0.15) is 10.6 Å². The molecule has 0 atom stereocenters. The third kappa shape index (κ3) is 4.75. The van der Waals surface area contributed by atoms with Gasteiger partial charge in [0, 0.05) is 19.2 Å². The van der Waals surface area contributed by atoms with Crippen LogP contribution >= 0.6 is 0 Å². The summed E-state index contributed by atoms with van der Waals surface area (Å²) >= 11 is 0. The van der Waals surface area contributed by atoms with Crippen molar-refractivity contribution in [2.45, 2.75) is 0 Å². The lowest BCUT2D eigenvalue weighted by Crippen LogP contribution is -2.36. The molecule has 0 bridgehead atoms. The van der Waals surface area contributed by atoms with Gasteiger partial charge in [0.2, 0.25) is 0 Å². The average Bonchev–Trinajstić information content (AvgIpc) is 3.34. The van der Waals surface area contributed by atoms with Gasteiger partial charge in [0.15, 0.2) is 5.76 Å². The van der Waals surface area contributed by atoms with E-state index in [1.807, 2.05) is 12.1 Å². The first kappa shape index (κ1) is 22.2. The maximum absolute atomic E-state index is 13.0. The Labute approximate surface area is 189 Å². The van der Waals surface area contributed by atoms with Gasteiger partial charge in [-0.2, -0.15) is 0 Å². The Bertz CT molecular complexity index is 1170. The molecule has 1 fully saturated rings. The number of nitrogens with one attached hydrogen (secondary N) is 1. The number of methoxy groups -OCH3 is 2. The van der Waals surface area contributed by atoms with E-state index in [0.29, 0.717) is 43.5 Å². The summed E-state index contributed by atoms with van der Waals surface area (Å²) in [6, 6.07) is 12.9. The molecule has 33 heavy (non-hydrogen) atoms. The first-order valence-electron chi connectivity index (χ1n) is 10.2. The maximum Gasteiger partial charge on any atom is 0.291 e. The Morgan fingerprint density at radius 2 is 1.73 bits per heavy atom. The monoisotopic (exact) mass is 453 g/mol. The predicted molar refractivity (Wildman–Crippen MR) is 121 cm³/mol. The van der Waals surface area contributed by atoms with Crippen molar-refractivity contribution in [3.8, 4) is 22.8 Å². The molecular weight excluding hydrogens is 430 g/mol. The number of carbonyl (C=O) groups excluding carboxylic acids is 1. The molecule has 1 aromatic heterocycles. The van der Waals surface area contributed by atoms with Crippen molar-refractivity contribution in [3.05, 3.63) is 64.4 Å². The predicted octanol–water partition coefficient (Wildman–Crippen LogP) is 3.96. The molecular formula is C23H23N3O7. The van der Waals surface area contributed by atoms with Gasteiger partial charge >= 0.3 is 0 Å². The van der Waals surface area contributed by atoms with E-state index in [9.17, 15) is 14.9 Å². The van der Waals surface area contributed by atoms with E-state index >= 15 is 0 Å². The zero-order valence-corrected chi connectivity index (χ0v) is 18.2. The number of morpholine rings is 1. The van der Waals surface area contributed by atoms with Crippen LogP contribution in [0.3, 0.4) is 0 Å². The fourth-order valence-corrected chi connectivity index (χ4v) is 3.61. The summed E-state index contributed by atoms with van der Waals surface area (Å²) in [4.78, 5) is 26.1. The number of hydrogen-bond acceptors (Lipinski definition) is 8. The molecule has 0 aliphatic carbocycles. The largest absolute Gasteiger partial charge is 0.497 e. The summed E-state index contributed by atoms with van der Waals surface area (Å²) in [6.45, 7) is 2.59. The zero-order chi connectivity index (χ0) is 23.4. The van der Waals surface area contributed by atoms with E-state index in [1.165, 1.54) is 31.4 Å². The number of ether oxygens (including phenoxy) is 3. The van der Waals surface area contributed by atoms with Crippen molar-refractivity contribution in [2.24, 2.45) is 0 Å². The van der Waals surface area contributed by atoms with Gasteiger partial charge in [-0.05, 0) is 36.4 Å². The number of carbonyl (C=O) groups is 1. The molecule has 0 saturated carbocycles. The highest BCUT2D eigenvalue weighted by Crippen LogP contribution is 2.35. The topological polar surface area (TPSA) is 116 Å². The second-order valence-corrected chi connectivity index (χ2v) is 7.24. The summed E-state index contributed by atoms with van der Waals surface area (Å²) in [5.41, 5.74) is 1.47. The molecule has 1 N–H and O–H groups in total. The number of furan rings is 1. The summed E-state index contributed by atoms with van der Waals surface area (Å²) in [5, 5.41) is 14.4. The van der Waals surface area contributed by atoms with Gasteiger partial charge in [0.05, 0.1) is 55.4 Å². The van der Waals surface area contributed by atoms with Crippen molar-refractivity contribution >= 4 is 23.0 Å². The van der Waals surface area contributed by atoms with Crippen LogP contribution in [0.2, 0.25) is 0 Å². The number of benzene rings is 2. The quantitative estimate of drug-likeness (QED) is 0.422. The van der Waals surface area contributed by atoms with E-state index in [-0.39, 0.29) is 22.8 Å². The molecule has 1 aliphatic rings. The van der Waals surface area contributed by atoms with Crippen molar-refractivity contribution in [3.63, 3.8) is 0 Å². The first-order valence-corrected chi connectivity index (χ1v) is 10.2. The highest BCUT2D eigenvalue weighted by atomic mass is 16.6. The van der Waals surface area contributed by atoms with Gasteiger partial charge in [0.25, 0.3) is 11.6 Å². The molecule has 10 nitrogen and oxygen atoms in total. The Morgan fingerprint density at radius 3 is 2.42 bits per heavy atom. The molecule has 3 aromatic rings. The van der Waals surface area contributed by atoms with E-state index < -0.39 is 10.8 Å². The zero-order valence-electron chi connectivity index (χ0n) is 18.2. The number of anilines is 2. The maximum atomic E-state index is 13.0. The molecule has 0 unspecified atom stereocenters. The number of nitrogens with zero attached hydrogens (tertiary/aromatic N) is 2. The Morgan fingerprint density at radius 1 is 1.03 bits per heavy atom. The van der Waals surface area contributed by atoms with Crippen LogP contribution in [-0.4, -0.2) is 51.4 Å². The molecule has 0 radical (unpaired) electrons. The molecule has 10 heteroatoms. The molecule has 4 rings (SSSR count). The van der Waals surface area contributed by atoms with Gasteiger partial charge in [-0.3, -0.25) is 14.9 Å². The summed E-state index contributed by atoms with van der Waals surface area (Å²) < 4.78 is 21.5. The average molecular weight is 453 g/mol. The lowest BCUT2D eigenvalue weighted by molar-refractivity contribution is -0.384. The number of nitro benzene ring substituents is 1. The van der Waals surface area contributed by atoms with Gasteiger partial charge in [-0.25, -0.2) is 0 Å². The minimum Gasteiger partial charge on any atom is -0.497 e. The molecule has 1 amide bonds. The van der Waals surface area contributed by atoms with Crippen LogP contribution in [0.5, 0.6) is 11.5 Å². The van der Waals surface area contributed by atoms with Crippen LogP contribution < -0.4 is 19.7 Å². The molecule has 2 heterocycles.